The highest BCUT2D eigenvalue weighted by Gasteiger charge is 2.33. The maximum atomic E-state index is 12.5. The van der Waals surface area contributed by atoms with Gasteiger partial charge in [0.05, 0.1) is 11.7 Å². The lowest BCUT2D eigenvalue weighted by molar-refractivity contribution is 0.0722. The molecule has 0 aromatic carbocycles. The quantitative estimate of drug-likeness (QED) is 0.926. The summed E-state index contributed by atoms with van der Waals surface area (Å²) >= 11 is 0. The molecule has 2 aromatic heterocycles. The van der Waals surface area contributed by atoms with E-state index < -0.39 is 0 Å². The summed E-state index contributed by atoms with van der Waals surface area (Å²) < 4.78 is 4.76. The molecule has 1 aliphatic rings. The number of hydrogen-bond acceptors (Lipinski definition) is 6. The Balaban J connectivity index is 1.90. The van der Waals surface area contributed by atoms with E-state index in [9.17, 15) is 4.79 Å². The Morgan fingerprint density at radius 1 is 1.48 bits per heavy atom. The van der Waals surface area contributed by atoms with Crippen molar-refractivity contribution in [3.05, 3.63) is 35.6 Å². The molecule has 1 saturated heterocycles. The third-order valence-electron chi connectivity index (χ3n) is 3.63. The molecule has 3 rings (SSSR count). The molecule has 7 nitrogen and oxygen atoms in total. The average Bonchev–Trinajstić information content (AvgIpc) is 3.17. The summed E-state index contributed by atoms with van der Waals surface area (Å²) in [5, 5.41) is 6.75. The second-order valence-electron chi connectivity index (χ2n) is 5.02. The van der Waals surface area contributed by atoms with Gasteiger partial charge >= 0.3 is 0 Å². The number of hydrogen-bond donors (Lipinski definition) is 1. The van der Waals surface area contributed by atoms with Gasteiger partial charge in [-0.2, -0.15) is 0 Å². The van der Waals surface area contributed by atoms with Crippen molar-refractivity contribution in [2.75, 3.05) is 18.9 Å². The third-order valence-corrected chi connectivity index (χ3v) is 3.63. The van der Waals surface area contributed by atoms with Crippen molar-refractivity contribution in [1.29, 1.82) is 0 Å². The minimum absolute atomic E-state index is 0.0389. The molecule has 1 N–H and O–H groups in total. The first-order chi connectivity index (χ1) is 10.2. The molecule has 1 amide bonds. The average molecular weight is 287 g/mol. The van der Waals surface area contributed by atoms with Gasteiger partial charge in [-0.05, 0) is 19.8 Å². The molecule has 7 heteroatoms. The minimum atomic E-state index is -0.117. The van der Waals surface area contributed by atoms with E-state index in [1.54, 1.807) is 11.0 Å². The number of nitrogens with one attached hydrogen (secondary N) is 1. The number of anilines is 1. The standard InChI is InChI=1S/C14H17N5O2/c1-9-16-11(8-13(15-2)17-9)12-4-3-6-19(12)14(20)10-5-7-21-18-10/h5,7-8,12H,3-4,6H2,1-2H3,(H,15,16,17). The van der Waals surface area contributed by atoms with Crippen LogP contribution in [0, 0.1) is 6.92 Å². The molecule has 0 saturated carbocycles. The van der Waals surface area contributed by atoms with Gasteiger partial charge < -0.3 is 14.7 Å². The lowest BCUT2D eigenvalue weighted by Crippen LogP contribution is -2.31. The molecule has 2 aromatic rings. The first kappa shape index (κ1) is 13.5. The van der Waals surface area contributed by atoms with E-state index in [0.29, 0.717) is 18.1 Å². The summed E-state index contributed by atoms with van der Waals surface area (Å²) in [7, 11) is 1.82. The molecule has 1 aliphatic heterocycles. The summed E-state index contributed by atoms with van der Waals surface area (Å²) in [5.41, 5.74) is 1.20. The number of likely N-dealkylation sites (tertiary alicyclic amines) is 1. The Morgan fingerprint density at radius 2 is 2.33 bits per heavy atom. The lowest BCUT2D eigenvalue weighted by Gasteiger charge is -2.23. The van der Waals surface area contributed by atoms with Gasteiger partial charge in [-0.1, -0.05) is 5.16 Å². The minimum Gasteiger partial charge on any atom is -0.373 e. The van der Waals surface area contributed by atoms with Crippen molar-refractivity contribution in [1.82, 2.24) is 20.0 Å². The molecule has 1 atom stereocenters. The van der Waals surface area contributed by atoms with Crippen molar-refractivity contribution < 1.29 is 9.32 Å². The smallest absolute Gasteiger partial charge is 0.276 e. The number of aromatic nitrogens is 3. The van der Waals surface area contributed by atoms with Crippen LogP contribution in [0.2, 0.25) is 0 Å². The molecule has 3 heterocycles. The van der Waals surface area contributed by atoms with E-state index in [4.69, 9.17) is 4.52 Å². The van der Waals surface area contributed by atoms with Crippen LogP contribution in [0.4, 0.5) is 5.82 Å². The fourth-order valence-corrected chi connectivity index (χ4v) is 2.68. The number of carbonyl (C=O) groups is 1. The predicted octanol–water partition coefficient (Wildman–Crippen LogP) is 1.79. The van der Waals surface area contributed by atoms with Gasteiger partial charge in [0, 0.05) is 25.7 Å². The molecular weight excluding hydrogens is 270 g/mol. The zero-order valence-corrected chi connectivity index (χ0v) is 12.0. The Kier molecular flexibility index (Phi) is 3.55. The van der Waals surface area contributed by atoms with Crippen molar-refractivity contribution in [2.45, 2.75) is 25.8 Å². The molecular formula is C14H17N5O2. The van der Waals surface area contributed by atoms with Crippen molar-refractivity contribution in [3.8, 4) is 0 Å². The van der Waals surface area contributed by atoms with Crippen LogP contribution in [0.1, 0.15) is 40.9 Å². The number of rotatable bonds is 3. The van der Waals surface area contributed by atoms with Crippen LogP contribution in [0.15, 0.2) is 22.9 Å². The number of carbonyl (C=O) groups excluding carboxylic acids is 1. The lowest BCUT2D eigenvalue weighted by atomic mass is 10.1. The predicted molar refractivity (Wildman–Crippen MR) is 75.8 cm³/mol. The van der Waals surface area contributed by atoms with E-state index in [1.807, 2.05) is 20.0 Å². The molecule has 0 aliphatic carbocycles. The number of nitrogens with zero attached hydrogens (tertiary/aromatic N) is 4. The molecule has 110 valence electrons. The molecule has 0 bridgehead atoms. The van der Waals surface area contributed by atoms with Gasteiger partial charge in [0.2, 0.25) is 0 Å². The van der Waals surface area contributed by atoms with Gasteiger partial charge in [0.15, 0.2) is 5.69 Å². The summed E-state index contributed by atoms with van der Waals surface area (Å²) in [6.07, 6.45) is 3.25. The number of aryl methyl sites for hydroxylation is 1. The maximum absolute atomic E-state index is 12.5. The van der Waals surface area contributed by atoms with Gasteiger partial charge in [0.25, 0.3) is 5.91 Å². The van der Waals surface area contributed by atoms with Crippen molar-refractivity contribution in [2.24, 2.45) is 0 Å². The van der Waals surface area contributed by atoms with Crippen molar-refractivity contribution in [3.63, 3.8) is 0 Å². The first-order valence-electron chi connectivity index (χ1n) is 6.93. The highest BCUT2D eigenvalue weighted by molar-refractivity contribution is 5.92. The zero-order valence-electron chi connectivity index (χ0n) is 12.0. The Bertz CT molecular complexity index is 641. The van der Waals surface area contributed by atoms with Crippen LogP contribution in [0.5, 0.6) is 0 Å². The second-order valence-corrected chi connectivity index (χ2v) is 5.02. The summed E-state index contributed by atoms with van der Waals surface area (Å²) in [5.74, 6) is 1.34. The molecule has 1 fully saturated rings. The maximum Gasteiger partial charge on any atom is 0.276 e. The number of amides is 1. The Labute approximate surface area is 122 Å². The molecule has 1 unspecified atom stereocenters. The van der Waals surface area contributed by atoms with E-state index in [0.717, 1.165) is 24.4 Å². The SMILES string of the molecule is CNc1cc(C2CCCN2C(=O)c2ccon2)nc(C)n1. The van der Waals surface area contributed by atoms with Gasteiger partial charge in [0.1, 0.15) is 17.9 Å². The molecule has 21 heavy (non-hydrogen) atoms. The van der Waals surface area contributed by atoms with Crippen LogP contribution in [0.3, 0.4) is 0 Å². The van der Waals surface area contributed by atoms with E-state index in [-0.39, 0.29) is 11.9 Å². The molecule has 0 spiro atoms. The third kappa shape index (κ3) is 2.58. The zero-order chi connectivity index (χ0) is 14.8. The fourth-order valence-electron chi connectivity index (χ4n) is 2.68. The topological polar surface area (TPSA) is 84.2 Å². The van der Waals surface area contributed by atoms with Crippen LogP contribution >= 0.6 is 0 Å². The van der Waals surface area contributed by atoms with Gasteiger partial charge in [-0.3, -0.25) is 4.79 Å². The largest absolute Gasteiger partial charge is 0.373 e. The van der Waals surface area contributed by atoms with E-state index in [1.165, 1.54) is 6.26 Å². The van der Waals surface area contributed by atoms with Gasteiger partial charge in [-0.25, -0.2) is 9.97 Å². The normalized spacial score (nSPS) is 18.0. The Hall–Kier alpha value is -2.44. The first-order valence-corrected chi connectivity index (χ1v) is 6.93. The molecule has 0 radical (unpaired) electrons. The van der Waals surface area contributed by atoms with Gasteiger partial charge in [-0.15, -0.1) is 0 Å². The summed E-state index contributed by atoms with van der Waals surface area (Å²) in [6.45, 7) is 2.55. The van der Waals surface area contributed by atoms with E-state index >= 15 is 0 Å². The summed E-state index contributed by atoms with van der Waals surface area (Å²) in [6, 6.07) is 3.44. The van der Waals surface area contributed by atoms with Crippen LogP contribution in [-0.2, 0) is 0 Å². The van der Waals surface area contributed by atoms with E-state index in [2.05, 4.69) is 20.4 Å². The monoisotopic (exact) mass is 287 g/mol. The second kappa shape index (κ2) is 5.51. The van der Waals surface area contributed by atoms with Crippen LogP contribution in [-0.4, -0.2) is 39.5 Å². The van der Waals surface area contributed by atoms with Crippen LogP contribution < -0.4 is 5.32 Å². The Morgan fingerprint density at radius 3 is 3.05 bits per heavy atom. The van der Waals surface area contributed by atoms with Crippen LogP contribution in [0.25, 0.3) is 0 Å². The van der Waals surface area contributed by atoms with Crippen molar-refractivity contribution >= 4 is 11.7 Å². The summed E-state index contributed by atoms with van der Waals surface area (Å²) in [4.78, 5) is 23.1. The highest BCUT2D eigenvalue weighted by atomic mass is 16.5. The highest BCUT2D eigenvalue weighted by Crippen LogP contribution is 2.32. The fraction of sp³-hybridized carbons (Fsp3) is 0.429.